The van der Waals surface area contributed by atoms with Gasteiger partial charge in [0.15, 0.2) is 5.78 Å². The van der Waals surface area contributed by atoms with Crippen molar-refractivity contribution >= 4 is 28.7 Å². The normalized spacial score (nSPS) is 10.6. The molecule has 0 saturated heterocycles. The number of hydrogen-bond acceptors (Lipinski definition) is 2. The van der Waals surface area contributed by atoms with Crippen LogP contribution in [-0.2, 0) is 12.8 Å². The number of carbonyl (C=O) groups excluding carboxylic acids is 1. The second-order valence-electron chi connectivity index (χ2n) is 3.92. The number of halogens is 2. The van der Waals surface area contributed by atoms with Crippen molar-refractivity contribution in [1.29, 1.82) is 0 Å². The van der Waals surface area contributed by atoms with E-state index in [4.69, 9.17) is 11.6 Å². The van der Waals surface area contributed by atoms with Gasteiger partial charge in [0.05, 0.1) is 10.6 Å². The van der Waals surface area contributed by atoms with Crippen LogP contribution in [0.2, 0.25) is 5.02 Å². The molecule has 94 valence electrons. The lowest BCUT2D eigenvalue weighted by Crippen LogP contribution is -2.06. The zero-order chi connectivity index (χ0) is 13.1. The summed E-state index contributed by atoms with van der Waals surface area (Å²) in [4.78, 5) is 14.2. The summed E-state index contributed by atoms with van der Waals surface area (Å²) in [5.74, 6) is -0.831. The molecular weight excluding hydrogens is 271 g/mol. The molecule has 1 aromatic heterocycles. The summed E-state index contributed by atoms with van der Waals surface area (Å²) in [5.41, 5.74) is -0.00869. The Kier molecular flexibility index (Phi) is 4.15. The van der Waals surface area contributed by atoms with Crippen molar-refractivity contribution in [2.45, 2.75) is 19.8 Å². The molecule has 0 spiro atoms. The maximum absolute atomic E-state index is 13.6. The van der Waals surface area contributed by atoms with Crippen molar-refractivity contribution in [1.82, 2.24) is 0 Å². The van der Waals surface area contributed by atoms with Gasteiger partial charge in [-0.3, -0.25) is 4.79 Å². The van der Waals surface area contributed by atoms with E-state index in [-0.39, 0.29) is 22.8 Å². The Morgan fingerprint density at radius 1 is 1.28 bits per heavy atom. The smallest absolute Gasteiger partial charge is 0.172 e. The van der Waals surface area contributed by atoms with Crippen LogP contribution in [0.3, 0.4) is 0 Å². The van der Waals surface area contributed by atoms with Crippen LogP contribution in [0.4, 0.5) is 4.39 Å². The van der Waals surface area contributed by atoms with Crippen LogP contribution in [0.25, 0.3) is 0 Å². The molecule has 0 fully saturated rings. The fraction of sp³-hybridized carbons (Fsp3) is 0.214. The first-order valence-electron chi connectivity index (χ1n) is 5.66. The summed E-state index contributed by atoms with van der Waals surface area (Å²) >= 11 is 7.45. The van der Waals surface area contributed by atoms with Crippen LogP contribution >= 0.6 is 22.9 Å². The third-order valence-electron chi connectivity index (χ3n) is 2.64. The van der Waals surface area contributed by atoms with Crippen LogP contribution in [0.15, 0.2) is 30.3 Å². The van der Waals surface area contributed by atoms with E-state index in [0.717, 1.165) is 11.3 Å². The monoisotopic (exact) mass is 282 g/mol. The Morgan fingerprint density at radius 3 is 2.61 bits per heavy atom. The molecule has 1 nitrogen and oxygen atoms in total. The van der Waals surface area contributed by atoms with Crippen molar-refractivity contribution in [2.24, 2.45) is 0 Å². The predicted octanol–water partition coefficient (Wildman–Crippen LogP) is 4.53. The Hall–Kier alpha value is -1.19. The second-order valence-corrected chi connectivity index (χ2v) is 5.58. The topological polar surface area (TPSA) is 17.1 Å². The zero-order valence-corrected chi connectivity index (χ0v) is 11.4. The van der Waals surface area contributed by atoms with E-state index in [0.29, 0.717) is 0 Å². The minimum atomic E-state index is -0.556. The molecule has 0 amide bonds. The van der Waals surface area contributed by atoms with Gasteiger partial charge in [-0.25, -0.2) is 4.39 Å². The van der Waals surface area contributed by atoms with Crippen LogP contribution in [0, 0.1) is 5.82 Å². The van der Waals surface area contributed by atoms with Gasteiger partial charge >= 0.3 is 0 Å². The molecule has 1 heterocycles. The molecule has 0 aliphatic heterocycles. The Balaban J connectivity index is 2.22. The van der Waals surface area contributed by atoms with Gasteiger partial charge in [-0.1, -0.05) is 24.6 Å². The SMILES string of the molecule is CCc1ccc(CC(=O)c2c(F)cccc2Cl)s1. The first-order chi connectivity index (χ1) is 8.61. The number of hydrogen-bond donors (Lipinski definition) is 0. The lowest BCUT2D eigenvalue weighted by molar-refractivity contribution is 0.0990. The summed E-state index contributed by atoms with van der Waals surface area (Å²) in [6.45, 7) is 2.06. The molecule has 0 unspecified atom stereocenters. The molecule has 4 heteroatoms. The average Bonchev–Trinajstić information content (AvgIpc) is 2.76. The summed E-state index contributed by atoms with van der Waals surface area (Å²) in [5, 5.41) is 0.173. The number of aryl methyl sites for hydroxylation is 1. The molecule has 18 heavy (non-hydrogen) atoms. The Bertz CT molecular complexity index is 557. The Labute approximate surface area is 114 Å². The van der Waals surface area contributed by atoms with Crippen molar-refractivity contribution in [3.05, 3.63) is 56.5 Å². The van der Waals surface area contributed by atoms with Crippen molar-refractivity contribution in [3.8, 4) is 0 Å². The highest BCUT2D eigenvalue weighted by Crippen LogP contribution is 2.23. The highest BCUT2D eigenvalue weighted by atomic mass is 35.5. The van der Waals surface area contributed by atoms with Gasteiger partial charge < -0.3 is 0 Å². The molecule has 0 bridgehead atoms. The number of rotatable bonds is 4. The number of carbonyl (C=O) groups is 1. The number of ketones is 1. The molecule has 0 atom stereocenters. The van der Waals surface area contributed by atoms with E-state index in [1.54, 1.807) is 11.3 Å². The molecule has 2 rings (SSSR count). The molecule has 0 aliphatic carbocycles. The van der Waals surface area contributed by atoms with Gasteiger partial charge in [-0.2, -0.15) is 0 Å². The van der Waals surface area contributed by atoms with E-state index in [1.165, 1.54) is 23.1 Å². The molecule has 0 radical (unpaired) electrons. The van der Waals surface area contributed by atoms with Gasteiger partial charge in [0.1, 0.15) is 5.82 Å². The van der Waals surface area contributed by atoms with Gasteiger partial charge in [0.2, 0.25) is 0 Å². The highest BCUT2D eigenvalue weighted by Gasteiger charge is 2.16. The van der Waals surface area contributed by atoms with E-state index in [2.05, 4.69) is 6.92 Å². The molecule has 1 aromatic carbocycles. The second kappa shape index (κ2) is 5.63. The van der Waals surface area contributed by atoms with Crippen LogP contribution < -0.4 is 0 Å². The summed E-state index contributed by atoms with van der Waals surface area (Å²) in [7, 11) is 0. The fourth-order valence-electron chi connectivity index (χ4n) is 1.72. The molecule has 0 aliphatic rings. The summed E-state index contributed by atoms with van der Waals surface area (Å²) < 4.78 is 13.6. The minimum Gasteiger partial charge on any atom is -0.294 e. The van der Waals surface area contributed by atoms with Crippen LogP contribution in [0.5, 0.6) is 0 Å². The van der Waals surface area contributed by atoms with E-state index < -0.39 is 5.82 Å². The Morgan fingerprint density at radius 2 is 2.00 bits per heavy atom. The van der Waals surface area contributed by atoms with E-state index in [9.17, 15) is 9.18 Å². The van der Waals surface area contributed by atoms with E-state index in [1.807, 2.05) is 12.1 Å². The average molecular weight is 283 g/mol. The van der Waals surface area contributed by atoms with Crippen LogP contribution in [-0.4, -0.2) is 5.78 Å². The summed E-state index contributed by atoms with van der Waals surface area (Å²) in [6, 6.07) is 8.19. The lowest BCUT2D eigenvalue weighted by Gasteiger charge is -2.03. The molecule has 2 aromatic rings. The van der Waals surface area contributed by atoms with Gasteiger partial charge in [0.25, 0.3) is 0 Å². The van der Waals surface area contributed by atoms with Gasteiger partial charge in [-0.15, -0.1) is 11.3 Å². The lowest BCUT2D eigenvalue weighted by atomic mass is 10.1. The maximum atomic E-state index is 13.6. The first-order valence-corrected chi connectivity index (χ1v) is 6.86. The van der Waals surface area contributed by atoms with Crippen LogP contribution in [0.1, 0.15) is 27.0 Å². The fourth-order valence-corrected chi connectivity index (χ4v) is 2.94. The maximum Gasteiger partial charge on any atom is 0.172 e. The largest absolute Gasteiger partial charge is 0.294 e. The number of benzene rings is 1. The predicted molar refractivity (Wildman–Crippen MR) is 73.1 cm³/mol. The standard InChI is InChI=1S/C14H12ClFOS/c1-2-9-6-7-10(18-9)8-13(17)14-11(15)4-3-5-12(14)16/h3-7H,2,8H2,1H3. The highest BCUT2D eigenvalue weighted by molar-refractivity contribution is 7.12. The number of Topliss-reactive ketones (excluding diaryl/α,β-unsaturated/α-hetero) is 1. The molecule has 0 N–H and O–H groups in total. The first kappa shape index (κ1) is 13.2. The third kappa shape index (κ3) is 2.79. The minimum absolute atomic E-state index is 0.00869. The van der Waals surface area contributed by atoms with Crippen molar-refractivity contribution in [3.63, 3.8) is 0 Å². The van der Waals surface area contributed by atoms with Crippen molar-refractivity contribution in [2.75, 3.05) is 0 Å². The van der Waals surface area contributed by atoms with Crippen molar-refractivity contribution < 1.29 is 9.18 Å². The molecule has 0 saturated carbocycles. The third-order valence-corrected chi connectivity index (χ3v) is 4.19. The van der Waals surface area contributed by atoms with Gasteiger partial charge in [0, 0.05) is 16.2 Å². The zero-order valence-electron chi connectivity index (χ0n) is 9.87. The summed E-state index contributed by atoms with van der Waals surface area (Å²) in [6.07, 6.45) is 1.14. The quantitative estimate of drug-likeness (QED) is 0.753. The number of thiophene rings is 1. The van der Waals surface area contributed by atoms with Gasteiger partial charge in [-0.05, 0) is 30.7 Å². The van der Waals surface area contributed by atoms with E-state index >= 15 is 0 Å². The molecular formula is C14H12ClFOS.